The first-order chi connectivity index (χ1) is 17.5. The SMILES string of the molecule is O=C(N[C@@H](Cc1ccccc1)C(=O)O)c1ccc(C(F)(F)F)cc1NS(=O)(=O)c1cccc2nsnc12. The number of carbonyl (C=O) groups is 2. The lowest BCUT2D eigenvalue weighted by Crippen LogP contribution is -2.42. The number of benzene rings is 3. The van der Waals surface area contributed by atoms with Gasteiger partial charge in [0.05, 0.1) is 28.5 Å². The van der Waals surface area contributed by atoms with Crippen molar-refractivity contribution in [2.24, 2.45) is 0 Å². The molecule has 0 bridgehead atoms. The Morgan fingerprint density at radius 2 is 1.73 bits per heavy atom. The third kappa shape index (κ3) is 5.86. The Morgan fingerprint density at radius 3 is 2.41 bits per heavy atom. The number of carboxylic acids is 1. The number of nitrogens with zero attached hydrogens (tertiary/aromatic N) is 2. The highest BCUT2D eigenvalue weighted by Crippen LogP contribution is 2.33. The molecule has 1 heterocycles. The molecule has 9 nitrogen and oxygen atoms in total. The van der Waals surface area contributed by atoms with Crippen molar-refractivity contribution in [3.05, 3.63) is 83.4 Å². The van der Waals surface area contributed by atoms with E-state index < -0.39 is 50.9 Å². The molecule has 0 aliphatic heterocycles. The topological polar surface area (TPSA) is 138 Å². The minimum absolute atomic E-state index is 0.00628. The number of hydrogen-bond donors (Lipinski definition) is 3. The van der Waals surface area contributed by atoms with E-state index in [-0.39, 0.29) is 22.3 Å². The molecule has 0 saturated heterocycles. The fourth-order valence-electron chi connectivity index (χ4n) is 3.49. The van der Waals surface area contributed by atoms with Gasteiger partial charge in [-0.1, -0.05) is 36.4 Å². The van der Waals surface area contributed by atoms with Crippen LogP contribution in [0.25, 0.3) is 11.0 Å². The molecule has 192 valence electrons. The normalized spacial score (nSPS) is 12.7. The van der Waals surface area contributed by atoms with Gasteiger partial charge in [-0.25, -0.2) is 13.2 Å². The minimum atomic E-state index is -4.84. The second kappa shape index (κ2) is 10.1. The molecule has 0 aliphatic rings. The molecule has 4 aromatic rings. The molecular weight excluding hydrogens is 533 g/mol. The van der Waals surface area contributed by atoms with E-state index >= 15 is 0 Å². The lowest BCUT2D eigenvalue weighted by molar-refractivity contribution is -0.139. The van der Waals surface area contributed by atoms with E-state index in [4.69, 9.17) is 0 Å². The number of carboxylic acid groups (broad SMARTS) is 1. The van der Waals surface area contributed by atoms with Crippen LogP contribution in [-0.4, -0.2) is 40.2 Å². The van der Waals surface area contributed by atoms with E-state index in [1.54, 1.807) is 30.3 Å². The molecule has 0 unspecified atom stereocenters. The monoisotopic (exact) mass is 550 g/mol. The van der Waals surface area contributed by atoms with Gasteiger partial charge in [0.1, 0.15) is 22.0 Å². The molecule has 0 fully saturated rings. The van der Waals surface area contributed by atoms with Crippen molar-refractivity contribution in [2.45, 2.75) is 23.5 Å². The Hall–Kier alpha value is -4.04. The van der Waals surface area contributed by atoms with Crippen LogP contribution >= 0.6 is 11.7 Å². The van der Waals surface area contributed by atoms with Crippen molar-refractivity contribution >= 4 is 50.3 Å². The molecular formula is C23H17F3N4O5S2. The summed E-state index contributed by atoms with van der Waals surface area (Å²) in [5, 5.41) is 11.8. The molecule has 1 atom stereocenters. The Kier molecular flexibility index (Phi) is 7.14. The van der Waals surface area contributed by atoms with Crippen molar-refractivity contribution in [3.63, 3.8) is 0 Å². The van der Waals surface area contributed by atoms with E-state index in [9.17, 15) is 36.3 Å². The van der Waals surface area contributed by atoms with Gasteiger partial charge in [0, 0.05) is 6.42 Å². The molecule has 0 saturated carbocycles. The first-order valence-corrected chi connectivity index (χ1v) is 12.7. The molecule has 37 heavy (non-hydrogen) atoms. The van der Waals surface area contributed by atoms with Crippen molar-refractivity contribution in [1.82, 2.24) is 14.1 Å². The predicted octanol–water partition coefficient (Wildman–Crippen LogP) is 3.94. The van der Waals surface area contributed by atoms with Crippen LogP contribution in [0.15, 0.2) is 71.6 Å². The summed E-state index contributed by atoms with van der Waals surface area (Å²) in [5.41, 5.74) is -1.54. The number of hydrogen-bond acceptors (Lipinski definition) is 7. The zero-order chi connectivity index (χ0) is 26.8. The summed E-state index contributed by atoms with van der Waals surface area (Å²) in [5.74, 6) is -2.46. The minimum Gasteiger partial charge on any atom is -0.480 e. The molecule has 3 aromatic carbocycles. The summed E-state index contributed by atoms with van der Waals surface area (Å²) in [6, 6.07) is 12.9. The molecule has 1 amide bonds. The number of alkyl halides is 3. The Morgan fingerprint density at radius 1 is 1.00 bits per heavy atom. The van der Waals surface area contributed by atoms with Crippen LogP contribution in [0.1, 0.15) is 21.5 Å². The zero-order valence-corrected chi connectivity index (χ0v) is 20.2. The van der Waals surface area contributed by atoms with E-state index in [0.29, 0.717) is 17.7 Å². The van der Waals surface area contributed by atoms with Crippen LogP contribution in [0.5, 0.6) is 0 Å². The maximum atomic E-state index is 13.4. The highest BCUT2D eigenvalue weighted by molar-refractivity contribution is 7.93. The quantitative estimate of drug-likeness (QED) is 0.302. The second-order valence-corrected chi connectivity index (χ2v) is 9.99. The summed E-state index contributed by atoms with van der Waals surface area (Å²) in [6.07, 6.45) is -4.95. The average molecular weight is 551 g/mol. The highest BCUT2D eigenvalue weighted by atomic mass is 32.2. The lowest BCUT2D eigenvalue weighted by Gasteiger charge is -2.18. The number of anilines is 1. The molecule has 4 rings (SSSR count). The van der Waals surface area contributed by atoms with Gasteiger partial charge in [-0.05, 0) is 35.9 Å². The fraction of sp³-hybridized carbons (Fsp3) is 0.130. The van der Waals surface area contributed by atoms with E-state index in [0.717, 1.165) is 17.8 Å². The first-order valence-electron chi connectivity index (χ1n) is 10.5. The predicted molar refractivity (Wildman–Crippen MR) is 129 cm³/mol. The van der Waals surface area contributed by atoms with Crippen molar-refractivity contribution in [1.29, 1.82) is 0 Å². The summed E-state index contributed by atoms with van der Waals surface area (Å²) in [4.78, 5) is 24.4. The molecule has 1 aromatic heterocycles. The molecule has 0 radical (unpaired) electrons. The number of nitrogens with one attached hydrogen (secondary N) is 2. The number of aromatic nitrogens is 2. The van der Waals surface area contributed by atoms with Gasteiger partial charge in [0.15, 0.2) is 0 Å². The zero-order valence-electron chi connectivity index (χ0n) is 18.6. The molecule has 0 aliphatic carbocycles. The van der Waals surface area contributed by atoms with Gasteiger partial charge < -0.3 is 10.4 Å². The van der Waals surface area contributed by atoms with Crippen LogP contribution < -0.4 is 10.0 Å². The number of halogens is 3. The van der Waals surface area contributed by atoms with Crippen molar-refractivity contribution in [2.75, 3.05) is 4.72 Å². The number of sulfonamides is 1. The van der Waals surface area contributed by atoms with Gasteiger partial charge in [-0.15, -0.1) is 0 Å². The van der Waals surface area contributed by atoms with Gasteiger partial charge in [-0.2, -0.15) is 21.9 Å². The van der Waals surface area contributed by atoms with Crippen LogP contribution in [-0.2, 0) is 27.4 Å². The van der Waals surface area contributed by atoms with Crippen LogP contribution in [0.4, 0.5) is 18.9 Å². The first kappa shape index (κ1) is 26.0. The maximum absolute atomic E-state index is 13.4. The van der Waals surface area contributed by atoms with E-state index in [2.05, 4.69) is 14.1 Å². The Balaban J connectivity index is 1.71. The number of carbonyl (C=O) groups excluding carboxylic acids is 1. The number of amides is 1. The number of rotatable bonds is 8. The standard InChI is InChI=1S/C23H17F3N4O5S2/c24-23(25,26)14-9-10-15(21(31)27-18(22(32)33)11-13-5-2-1-3-6-13)17(12-14)30-37(34,35)19-8-4-7-16-20(19)29-36-28-16/h1-10,12,18,30H,11H2,(H,27,31)(H,32,33)/t18-/m0/s1. The maximum Gasteiger partial charge on any atom is 0.416 e. The molecule has 3 N–H and O–H groups in total. The average Bonchev–Trinajstić information content (AvgIpc) is 3.32. The van der Waals surface area contributed by atoms with Crippen molar-refractivity contribution in [3.8, 4) is 0 Å². The summed E-state index contributed by atoms with van der Waals surface area (Å²) >= 11 is 0.753. The highest BCUT2D eigenvalue weighted by Gasteiger charge is 2.33. The third-order valence-electron chi connectivity index (χ3n) is 5.26. The van der Waals surface area contributed by atoms with Crippen LogP contribution in [0, 0.1) is 0 Å². The Bertz CT molecular complexity index is 1570. The van der Waals surface area contributed by atoms with E-state index in [1.807, 2.05) is 4.72 Å². The lowest BCUT2D eigenvalue weighted by atomic mass is 10.0. The van der Waals surface area contributed by atoms with Crippen LogP contribution in [0.2, 0.25) is 0 Å². The Labute approximate surface area is 212 Å². The van der Waals surface area contributed by atoms with Gasteiger partial charge in [-0.3, -0.25) is 9.52 Å². The van der Waals surface area contributed by atoms with Crippen molar-refractivity contribution < 1.29 is 36.3 Å². The van der Waals surface area contributed by atoms with Crippen LogP contribution in [0.3, 0.4) is 0 Å². The van der Waals surface area contributed by atoms with E-state index in [1.165, 1.54) is 18.2 Å². The van der Waals surface area contributed by atoms with Gasteiger partial charge >= 0.3 is 12.1 Å². The number of aliphatic carboxylic acids is 1. The summed E-state index contributed by atoms with van der Waals surface area (Å²) in [6.45, 7) is 0. The smallest absolute Gasteiger partial charge is 0.416 e. The molecule has 0 spiro atoms. The molecule has 14 heteroatoms. The van der Waals surface area contributed by atoms with Gasteiger partial charge in [0.2, 0.25) is 0 Å². The fourth-order valence-corrected chi connectivity index (χ4v) is 5.33. The van der Waals surface area contributed by atoms with Gasteiger partial charge in [0.25, 0.3) is 15.9 Å². The summed E-state index contributed by atoms with van der Waals surface area (Å²) in [7, 11) is -4.53. The third-order valence-corrected chi connectivity index (χ3v) is 7.20. The second-order valence-electron chi connectivity index (χ2n) is 7.81. The largest absolute Gasteiger partial charge is 0.480 e. The number of fused-ring (bicyclic) bond motifs is 1. The summed E-state index contributed by atoms with van der Waals surface area (Å²) < 4.78 is 76.4.